The molecular formula is C21H19FN4O3. The van der Waals surface area contributed by atoms with Gasteiger partial charge in [-0.15, -0.1) is 0 Å². The summed E-state index contributed by atoms with van der Waals surface area (Å²) in [5, 5.41) is 10.9. The highest BCUT2D eigenvalue weighted by atomic mass is 19.1. The SMILES string of the molecule is O=C(c1cc2ccccc2c(N2CCCN(C(=O)O)CC2)n1)c1cccnc1F. The summed E-state index contributed by atoms with van der Waals surface area (Å²) >= 11 is 0. The zero-order valence-electron chi connectivity index (χ0n) is 15.6. The summed E-state index contributed by atoms with van der Waals surface area (Å²) in [7, 11) is 0. The molecular weight excluding hydrogens is 375 g/mol. The molecule has 29 heavy (non-hydrogen) atoms. The molecule has 148 valence electrons. The Morgan fingerprint density at radius 3 is 2.66 bits per heavy atom. The number of hydrogen-bond donors (Lipinski definition) is 1. The van der Waals surface area contributed by atoms with Crippen molar-refractivity contribution in [1.82, 2.24) is 14.9 Å². The summed E-state index contributed by atoms with van der Waals surface area (Å²) in [6.07, 6.45) is 0.995. The second-order valence-electron chi connectivity index (χ2n) is 6.83. The van der Waals surface area contributed by atoms with Crippen LogP contribution >= 0.6 is 0 Å². The predicted molar refractivity (Wildman–Crippen MR) is 106 cm³/mol. The molecule has 1 aromatic carbocycles. The molecule has 0 radical (unpaired) electrons. The molecule has 2 aromatic heterocycles. The van der Waals surface area contributed by atoms with Crippen LogP contribution in [0.2, 0.25) is 0 Å². The van der Waals surface area contributed by atoms with Gasteiger partial charge < -0.3 is 14.9 Å². The molecule has 0 saturated carbocycles. The lowest BCUT2D eigenvalue weighted by atomic mass is 10.1. The quantitative estimate of drug-likeness (QED) is 0.542. The van der Waals surface area contributed by atoms with E-state index in [1.54, 1.807) is 6.07 Å². The fourth-order valence-electron chi connectivity index (χ4n) is 3.55. The van der Waals surface area contributed by atoms with Gasteiger partial charge >= 0.3 is 6.09 Å². The molecule has 4 rings (SSSR count). The number of rotatable bonds is 3. The van der Waals surface area contributed by atoms with Crippen LogP contribution in [-0.4, -0.2) is 58.0 Å². The molecule has 0 atom stereocenters. The molecule has 3 aromatic rings. The molecule has 7 nitrogen and oxygen atoms in total. The molecule has 0 bridgehead atoms. The lowest BCUT2D eigenvalue weighted by Gasteiger charge is -2.24. The summed E-state index contributed by atoms with van der Waals surface area (Å²) < 4.78 is 14.0. The Hall–Kier alpha value is -3.55. The molecule has 0 unspecified atom stereocenters. The van der Waals surface area contributed by atoms with Gasteiger partial charge in [-0.1, -0.05) is 24.3 Å². The molecule has 1 fully saturated rings. The third-order valence-corrected chi connectivity index (χ3v) is 5.02. The minimum Gasteiger partial charge on any atom is -0.465 e. The van der Waals surface area contributed by atoms with Crippen LogP contribution in [0, 0.1) is 5.95 Å². The van der Waals surface area contributed by atoms with Gasteiger partial charge in [0.1, 0.15) is 11.5 Å². The number of benzene rings is 1. The number of ketones is 1. The van der Waals surface area contributed by atoms with E-state index in [4.69, 9.17) is 0 Å². The van der Waals surface area contributed by atoms with Crippen molar-refractivity contribution < 1.29 is 19.1 Å². The number of carbonyl (C=O) groups excluding carboxylic acids is 1. The average Bonchev–Trinajstić information content (AvgIpc) is 2.99. The second-order valence-corrected chi connectivity index (χ2v) is 6.83. The fourth-order valence-corrected chi connectivity index (χ4v) is 3.55. The van der Waals surface area contributed by atoms with Gasteiger partial charge in [0.2, 0.25) is 11.7 Å². The Labute approximate surface area is 166 Å². The van der Waals surface area contributed by atoms with Gasteiger partial charge in [-0.2, -0.15) is 4.39 Å². The van der Waals surface area contributed by atoms with Gasteiger partial charge in [0.25, 0.3) is 0 Å². The van der Waals surface area contributed by atoms with Crippen molar-refractivity contribution >= 4 is 28.5 Å². The molecule has 3 heterocycles. The monoisotopic (exact) mass is 394 g/mol. The number of hydrogen-bond acceptors (Lipinski definition) is 5. The van der Waals surface area contributed by atoms with Crippen LogP contribution in [0.15, 0.2) is 48.7 Å². The maximum absolute atomic E-state index is 14.0. The molecule has 8 heteroatoms. The van der Waals surface area contributed by atoms with Crippen LogP contribution in [0.5, 0.6) is 0 Å². The first-order valence-electron chi connectivity index (χ1n) is 9.32. The molecule has 0 aliphatic carbocycles. The van der Waals surface area contributed by atoms with E-state index in [1.165, 1.54) is 23.2 Å². The summed E-state index contributed by atoms with van der Waals surface area (Å²) in [5.41, 5.74) is -0.000845. The van der Waals surface area contributed by atoms with Crippen molar-refractivity contribution in [1.29, 1.82) is 0 Å². The highest BCUT2D eigenvalue weighted by Crippen LogP contribution is 2.28. The number of carboxylic acid groups (broad SMARTS) is 1. The van der Waals surface area contributed by atoms with Gasteiger partial charge in [0, 0.05) is 37.8 Å². The Bertz CT molecular complexity index is 1090. The van der Waals surface area contributed by atoms with Gasteiger partial charge in [-0.25, -0.2) is 14.8 Å². The largest absolute Gasteiger partial charge is 0.465 e. The maximum atomic E-state index is 14.0. The van der Waals surface area contributed by atoms with Crippen LogP contribution in [0.1, 0.15) is 22.5 Å². The minimum atomic E-state index is -0.944. The lowest BCUT2D eigenvalue weighted by Crippen LogP contribution is -2.34. The molecule has 1 aliphatic rings. The predicted octanol–water partition coefficient (Wildman–Crippen LogP) is 3.19. The van der Waals surface area contributed by atoms with E-state index in [9.17, 15) is 19.1 Å². The topological polar surface area (TPSA) is 86.6 Å². The first kappa shape index (κ1) is 18.8. The van der Waals surface area contributed by atoms with E-state index in [0.29, 0.717) is 38.4 Å². The molecule has 1 aliphatic heterocycles. The summed E-state index contributed by atoms with van der Waals surface area (Å²) in [6, 6.07) is 12.1. The van der Waals surface area contributed by atoms with Crippen LogP contribution in [-0.2, 0) is 0 Å². The van der Waals surface area contributed by atoms with Crippen molar-refractivity contribution in [2.24, 2.45) is 0 Å². The zero-order chi connectivity index (χ0) is 20.4. The van der Waals surface area contributed by atoms with Crippen molar-refractivity contribution in [2.45, 2.75) is 6.42 Å². The highest BCUT2D eigenvalue weighted by molar-refractivity contribution is 6.10. The molecule has 0 spiro atoms. The average molecular weight is 394 g/mol. The number of carbonyl (C=O) groups is 2. The number of halogens is 1. The van der Waals surface area contributed by atoms with E-state index in [-0.39, 0.29) is 11.3 Å². The standard InChI is InChI=1S/C21H19FN4O3/c22-19-16(7-3-8-23-19)18(27)17-13-14-5-1-2-6-15(14)20(24-17)25-9-4-10-26(12-11-25)21(28)29/h1-3,5-8,13H,4,9-12H2,(H,28,29). The third-order valence-electron chi connectivity index (χ3n) is 5.02. The van der Waals surface area contributed by atoms with E-state index < -0.39 is 17.8 Å². The second kappa shape index (κ2) is 7.83. The Kier molecular flexibility index (Phi) is 5.07. The number of anilines is 1. The van der Waals surface area contributed by atoms with E-state index in [0.717, 1.165) is 10.8 Å². The summed E-state index contributed by atoms with van der Waals surface area (Å²) in [6.45, 7) is 1.87. The first-order chi connectivity index (χ1) is 14.0. The van der Waals surface area contributed by atoms with Gasteiger partial charge in [-0.3, -0.25) is 4.79 Å². The van der Waals surface area contributed by atoms with Crippen LogP contribution in [0.25, 0.3) is 10.8 Å². The molecule has 1 amide bonds. The van der Waals surface area contributed by atoms with Crippen molar-refractivity contribution in [3.8, 4) is 0 Å². The normalized spacial score (nSPS) is 14.7. The number of aromatic nitrogens is 2. The number of pyridine rings is 2. The van der Waals surface area contributed by atoms with Gasteiger partial charge in [-0.05, 0) is 30.0 Å². The van der Waals surface area contributed by atoms with Gasteiger partial charge in [0.05, 0.1) is 5.56 Å². The van der Waals surface area contributed by atoms with Crippen molar-refractivity contribution in [3.05, 3.63) is 65.9 Å². The number of amides is 1. The number of nitrogens with zero attached hydrogens (tertiary/aromatic N) is 4. The Balaban J connectivity index is 1.76. The lowest BCUT2D eigenvalue weighted by molar-refractivity contribution is 0.103. The van der Waals surface area contributed by atoms with E-state index >= 15 is 0 Å². The smallest absolute Gasteiger partial charge is 0.407 e. The summed E-state index contributed by atoms with van der Waals surface area (Å²) in [5.74, 6) is -0.770. The minimum absolute atomic E-state index is 0.130. The Morgan fingerprint density at radius 1 is 1.03 bits per heavy atom. The number of fused-ring (bicyclic) bond motifs is 1. The third kappa shape index (κ3) is 3.73. The maximum Gasteiger partial charge on any atom is 0.407 e. The van der Waals surface area contributed by atoms with Crippen LogP contribution < -0.4 is 4.90 Å². The fraction of sp³-hybridized carbons (Fsp3) is 0.238. The molecule has 1 N–H and O–H groups in total. The Morgan fingerprint density at radius 2 is 1.86 bits per heavy atom. The molecule has 1 saturated heterocycles. The first-order valence-corrected chi connectivity index (χ1v) is 9.32. The van der Waals surface area contributed by atoms with E-state index in [2.05, 4.69) is 9.97 Å². The van der Waals surface area contributed by atoms with Crippen molar-refractivity contribution in [3.63, 3.8) is 0 Å². The highest BCUT2D eigenvalue weighted by Gasteiger charge is 2.23. The van der Waals surface area contributed by atoms with Crippen molar-refractivity contribution in [2.75, 3.05) is 31.1 Å². The van der Waals surface area contributed by atoms with Crippen LogP contribution in [0.4, 0.5) is 15.0 Å². The van der Waals surface area contributed by atoms with E-state index in [1.807, 2.05) is 29.2 Å². The zero-order valence-corrected chi connectivity index (χ0v) is 15.6. The van der Waals surface area contributed by atoms with Crippen LogP contribution in [0.3, 0.4) is 0 Å². The summed E-state index contributed by atoms with van der Waals surface area (Å²) in [4.78, 5) is 35.7. The van der Waals surface area contributed by atoms with Gasteiger partial charge in [0.15, 0.2) is 0 Å².